The van der Waals surface area contributed by atoms with Crippen molar-refractivity contribution in [2.45, 2.75) is 24.4 Å². The lowest BCUT2D eigenvalue weighted by Crippen LogP contribution is -2.37. The van der Waals surface area contributed by atoms with Crippen LogP contribution in [0.15, 0.2) is 21.6 Å². The van der Waals surface area contributed by atoms with E-state index in [1.165, 1.54) is 11.0 Å². The first kappa shape index (κ1) is 18.4. The lowest BCUT2D eigenvalue weighted by Gasteiger charge is -2.22. The van der Waals surface area contributed by atoms with E-state index in [0.717, 1.165) is 18.9 Å². The molecule has 1 saturated heterocycles. The maximum atomic E-state index is 12.6. The van der Waals surface area contributed by atoms with Gasteiger partial charge in [0.25, 0.3) is 15.9 Å². The zero-order valence-corrected chi connectivity index (χ0v) is 14.6. The largest absolute Gasteiger partial charge is 0.481 e. The SMILES string of the molecule is NC(=O)CNS(=O)(=O)c1ccc(C(=O)N2C[C@@H]3CCC[C@@]3(C(=O)O)C2)o1. The summed E-state index contributed by atoms with van der Waals surface area (Å²) in [6.07, 6.45) is 2.07. The van der Waals surface area contributed by atoms with E-state index in [4.69, 9.17) is 10.2 Å². The van der Waals surface area contributed by atoms with Crippen molar-refractivity contribution in [1.82, 2.24) is 9.62 Å². The minimum absolute atomic E-state index is 0.0779. The van der Waals surface area contributed by atoms with E-state index in [-0.39, 0.29) is 18.2 Å². The fraction of sp³-hybridized carbons (Fsp3) is 0.533. The van der Waals surface area contributed by atoms with Crippen LogP contribution in [-0.2, 0) is 19.6 Å². The molecule has 2 amide bonds. The highest BCUT2D eigenvalue weighted by atomic mass is 32.2. The summed E-state index contributed by atoms with van der Waals surface area (Å²) in [5.41, 5.74) is 3.96. The molecule has 2 fully saturated rings. The number of furan rings is 1. The normalized spacial score (nSPS) is 25.2. The second-order valence-corrected chi connectivity index (χ2v) is 8.34. The Balaban J connectivity index is 1.75. The molecule has 2 heterocycles. The van der Waals surface area contributed by atoms with Crippen molar-refractivity contribution in [3.8, 4) is 0 Å². The minimum Gasteiger partial charge on any atom is -0.481 e. The fourth-order valence-corrected chi connectivity index (χ4v) is 4.69. The van der Waals surface area contributed by atoms with Gasteiger partial charge in [-0.15, -0.1) is 0 Å². The standard InChI is InChI=1S/C15H19N3O7S/c16-11(19)6-17-26(23,24)12-4-3-10(25-12)13(20)18-7-9-2-1-5-15(9,8-18)14(21)22/h3-4,9,17H,1-2,5-8H2,(H2,16,19)(H,21,22)/t9-,15+/m0/s1. The van der Waals surface area contributed by atoms with Crippen LogP contribution in [-0.4, -0.2) is 55.8 Å². The highest BCUT2D eigenvalue weighted by molar-refractivity contribution is 7.89. The molecule has 1 aromatic heterocycles. The molecule has 0 radical (unpaired) electrons. The zero-order valence-electron chi connectivity index (χ0n) is 13.8. The lowest BCUT2D eigenvalue weighted by atomic mass is 9.81. The number of nitrogens with one attached hydrogen (secondary N) is 1. The molecule has 1 aromatic rings. The number of fused-ring (bicyclic) bond motifs is 1. The van der Waals surface area contributed by atoms with Crippen LogP contribution in [0.1, 0.15) is 29.8 Å². The number of carboxylic acids is 1. The number of likely N-dealkylation sites (tertiary alicyclic amines) is 1. The molecule has 0 unspecified atom stereocenters. The monoisotopic (exact) mass is 385 g/mol. The van der Waals surface area contributed by atoms with E-state index in [2.05, 4.69) is 0 Å². The van der Waals surface area contributed by atoms with Crippen molar-refractivity contribution < 1.29 is 32.3 Å². The summed E-state index contributed by atoms with van der Waals surface area (Å²) < 4.78 is 31.0. The second-order valence-electron chi connectivity index (χ2n) is 6.65. The van der Waals surface area contributed by atoms with Gasteiger partial charge in [0, 0.05) is 13.1 Å². The number of hydrogen-bond acceptors (Lipinski definition) is 6. The van der Waals surface area contributed by atoms with Crippen LogP contribution in [0.4, 0.5) is 0 Å². The summed E-state index contributed by atoms with van der Waals surface area (Å²) in [5.74, 6) is -2.65. The number of primary amides is 1. The smallest absolute Gasteiger partial charge is 0.311 e. The van der Waals surface area contributed by atoms with E-state index in [9.17, 15) is 27.9 Å². The maximum absolute atomic E-state index is 12.6. The minimum atomic E-state index is -4.11. The predicted molar refractivity (Wildman–Crippen MR) is 86.4 cm³/mol. The van der Waals surface area contributed by atoms with Gasteiger partial charge >= 0.3 is 5.97 Å². The lowest BCUT2D eigenvalue weighted by molar-refractivity contribution is -0.149. The number of carboxylic acid groups (broad SMARTS) is 1. The average molecular weight is 385 g/mol. The Morgan fingerprint density at radius 1 is 1.38 bits per heavy atom. The van der Waals surface area contributed by atoms with Gasteiger partial charge in [-0.2, -0.15) is 4.72 Å². The molecule has 2 aliphatic rings. The Kier molecular flexibility index (Phi) is 4.53. The van der Waals surface area contributed by atoms with Gasteiger partial charge in [-0.25, -0.2) is 8.42 Å². The summed E-state index contributed by atoms with van der Waals surface area (Å²) in [5, 5.41) is 9.05. The number of aliphatic carboxylic acids is 1. The number of carbonyl (C=O) groups excluding carboxylic acids is 2. The first-order valence-corrected chi connectivity index (χ1v) is 9.54. The van der Waals surface area contributed by atoms with E-state index in [1.807, 2.05) is 4.72 Å². The molecular formula is C15H19N3O7S. The Hall–Kier alpha value is -2.40. The molecule has 26 heavy (non-hydrogen) atoms. The highest BCUT2D eigenvalue weighted by Gasteiger charge is 2.56. The summed E-state index contributed by atoms with van der Waals surface area (Å²) >= 11 is 0. The number of sulfonamides is 1. The molecule has 0 bridgehead atoms. The first-order chi connectivity index (χ1) is 12.2. The molecule has 0 aromatic carbocycles. The molecule has 1 aliphatic carbocycles. The van der Waals surface area contributed by atoms with Crippen molar-refractivity contribution in [2.75, 3.05) is 19.6 Å². The third kappa shape index (κ3) is 3.07. The predicted octanol–water partition coefficient (Wildman–Crippen LogP) is -0.630. The molecule has 11 heteroatoms. The Morgan fingerprint density at radius 3 is 2.73 bits per heavy atom. The van der Waals surface area contributed by atoms with Gasteiger partial charge in [-0.05, 0) is 30.9 Å². The molecule has 1 saturated carbocycles. The van der Waals surface area contributed by atoms with Gasteiger partial charge in [-0.3, -0.25) is 14.4 Å². The van der Waals surface area contributed by atoms with Crippen LogP contribution in [0.2, 0.25) is 0 Å². The van der Waals surface area contributed by atoms with E-state index in [1.54, 1.807) is 0 Å². The van der Waals surface area contributed by atoms with Crippen LogP contribution in [0.5, 0.6) is 0 Å². The van der Waals surface area contributed by atoms with Crippen LogP contribution in [0, 0.1) is 11.3 Å². The molecule has 4 N–H and O–H groups in total. The maximum Gasteiger partial charge on any atom is 0.311 e. The highest BCUT2D eigenvalue weighted by Crippen LogP contribution is 2.49. The Labute approximate surface area is 149 Å². The number of nitrogens with zero attached hydrogens (tertiary/aromatic N) is 1. The van der Waals surface area contributed by atoms with Crippen LogP contribution in [0.25, 0.3) is 0 Å². The number of carbonyl (C=O) groups is 3. The number of nitrogens with two attached hydrogens (primary N) is 1. The quantitative estimate of drug-likeness (QED) is 0.587. The Morgan fingerprint density at radius 2 is 2.12 bits per heavy atom. The number of amides is 2. The molecule has 3 rings (SSSR count). The number of hydrogen-bond donors (Lipinski definition) is 3. The van der Waals surface area contributed by atoms with E-state index in [0.29, 0.717) is 13.0 Å². The first-order valence-electron chi connectivity index (χ1n) is 8.06. The van der Waals surface area contributed by atoms with Gasteiger partial charge in [0.05, 0.1) is 12.0 Å². The molecular weight excluding hydrogens is 366 g/mol. The molecule has 1 aliphatic heterocycles. The van der Waals surface area contributed by atoms with Gasteiger partial charge in [-0.1, -0.05) is 6.42 Å². The van der Waals surface area contributed by atoms with E-state index >= 15 is 0 Å². The molecule has 142 valence electrons. The van der Waals surface area contributed by atoms with Crippen molar-refractivity contribution in [2.24, 2.45) is 17.1 Å². The van der Waals surface area contributed by atoms with Crippen molar-refractivity contribution in [3.05, 3.63) is 17.9 Å². The Bertz CT molecular complexity index is 862. The van der Waals surface area contributed by atoms with Gasteiger partial charge in [0.15, 0.2) is 5.76 Å². The zero-order chi connectivity index (χ0) is 19.1. The summed E-state index contributed by atoms with van der Waals surface area (Å²) in [4.78, 5) is 36.4. The fourth-order valence-electron chi connectivity index (χ4n) is 3.77. The summed E-state index contributed by atoms with van der Waals surface area (Å²) in [7, 11) is -4.11. The molecule has 2 atom stereocenters. The number of rotatable bonds is 6. The van der Waals surface area contributed by atoms with Gasteiger partial charge < -0.3 is 20.2 Å². The summed E-state index contributed by atoms with van der Waals surface area (Å²) in [6.45, 7) is -0.219. The molecule has 0 spiro atoms. The van der Waals surface area contributed by atoms with Gasteiger partial charge in [0.1, 0.15) is 0 Å². The van der Waals surface area contributed by atoms with Crippen molar-refractivity contribution in [3.63, 3.8) is 0 Å². The second kappa shape index (κ2) is 6.40. The molecule has 10 nitrogen and oxygen atoms in total. The third-order valence-electron chi connectivity index (χ3n) is 5.08. The van der Waals surface area contributed by atoms with Crippen molar-refractivity contribution in [1.29, 1.82) is 0 Å². The van der Waals surface area contributed by atoms with Crippen LogP contribution < -0.4 is 10.5 Å². The van der Waals surface area contributed by atoms with Crippen LogP contribution in [0.3, 0.4) is 0 Å². The van der Waals surface area contributed by atoms with Crippen molar-refractivity contribution >= 4 is 27.8 Å². The van der Waals surface area contributed by atoms with Gasteiger partial charge in [0.2, 0.25) is 11.0 Å². The summed E-state index contributed by atoms with van der Waals surface area (Å²) in [6, 6.07) is 2.31. The van der Waals surface area contributed by atoms with Crippen LogP contribution >= 0.6 is 0 Å². The average Bonchev–Trinajstić information content (AvgIpc) is 3.25. The van der Waals surface area contributed by atoms with E-state index < -0.39 is 44.9 Å². The topological polar surface area (TPSA) is 160 Å². The third-order valence-corrected chi connectivity index (χ3v) is 6.35.